The van der Waals surface area contributed by atoms with E-state index in [9.17, 15) is 13.2 Å². The normalized spacial score (nSPS) is 11.2. The van der Waals surface area contributed by atoms with E-state index in [2.05, 4.69) is 15.3 Å². The molecule has 0 atom stereocenters. The van der Waals surface area contributed by atoms with Crippen LogP contribution in [0.4, 0.5) is 19.0 Å². The Morgan fingerprint density at radius 2 is 1.90 bits per heavy atom. The Morgan fingerprint density at radius 3 is 2.48 bits per heavy atom. The van der Waals surface area contributed by atoms with Crippen LogP contribution in [0.15, 0.2) is 36.7 Å². The van der Waals surface area contributed by atoms with Crippen LogP contribution in [0.5, 0.6) is 0 Å². The van der Waals surface area contributed by atoms with Crippen molar-refractivity contribution < 1.29 is 13.2 Å². The average molecular weight is 312 g/mol. The van der Waals surface area contributed by atoms with Gasteiger partial charge in [0.1, 0.15) is 16.5 Å². The fourth-order valence-electron chi connectivity index (χ4n) is 1.68. The summed E-state index contributed by atoms with van der Waals surface area (Å²) in [6.07, 6.45) is -1.66. The molecule has 8 heteroatoms. The van der Waals surface area contributed by atoms with E-state index in [1.54, 1.807) is 6.07 Å². The molecule has 21 heavy (non-hydrogen) atoms. The number of nitrogens with two attached hydrogens (primary N) is 1. The first-order valence-corrected chi connectivity index (χ1v) is 6.29. The highest BCUT2D eigenvalue weighted by Crippen LogP contribution is 2.32. The van der Waals surface area contributed by atoms with Crippen molar-refractivity contribution in [2.75, 3.05) is 5.32 Å². The van der Waals surface area contributed by atoms with E-state index in [4.69, 9.17) is 18.0 Å². The fourth-order valence-corrected chi connectivity index (χ4v) is 1.79. The molecule has 0 radical (unpaired) electrons. The van der Waals surface area contributed by atoms with Gasteiger partial charge in [0.25, 0.3) is 0 Å². The predicted octanol–water partition coefficient (Wildman–Crippen LogP) is 2.74. The number of rotatable bonds is 4. The van der Waals surface area contributed by atoms with Crippen molar-refractivity contribution in [3.63, 3.8) is 0 Å². The summed E-state index contributed by atoms with van der Waals surface area (Å²) in [5.74, 6) is 0.340. The number of nitrogens with one attached hydrogen (secondary N) is 1. The third-order valence-corrected chi connectivity index (χ3v) is 2.90. The number of aromatic nitrogens is 2. The second-order valence-corrected chi connectivity index (χ2v) is 4.60. The van der Waals surface area contributed by atoms with Gasteiger partial charge in [-0.3, -0.25) is 0 Å². The number of alkyl halides is 3. The van der Waals surface area contributed by atoms with Gasteiger partial charge in [0.15, 0.2) is 0 Å². The van der Waals surface area contributed by atoms with Crippen LogP contribution >= 0.6 is 12.2 Å². The maximum atomic E-state index is 12.8. The van der Waals surface area contributed by atoms with E-state index >= 15 is 0 Å². The number of hydrogen-bond acceptors (Lipinski definition) is 4. The minimum Gasteiger partial charge on any atom is -0.388 e. The predicted molar refractivity (Wildman–Crippen MR) is 76.7 cm³/mol. The van der Waals surface area contributed by atoms with E-state index in [0.717, 1.165) is 6.07 Å². The number of benzene rings is 1. The van der Waals surface area contributed by atoms with Crippen molar-refractivity contribution in [2.24, 2.45) is 5.73 Å². The quantitative estimate of drug-likeness (QED) is 0.850. The van der Waals surface area contributed by atoms with E-state index in [1.165, 1.54) is 24.5 Å². The van der Waals surface area contributed by atoms with Crippen molar-refractivity contribution in [3.05, 3.63) is 53.5 Å². The molecule has 0 amide bonds. The Kier molecular flexibility index (Phi) is 4.37. The van der Waals surface area contributed by atoms with Crippen molar-refractivity contribution in [1.29, 1.82) is 0 Å². The van der Waals surface area contributed by atoms with Gasteiger partial charge in [-0.05, 0) is 11.6 Å². The first-order chi connectivity index (χ1) is 9.88. The summed E-state index contributed by atoms with van der Waals surface area (Å²) in [5, 5.41) is 2.78. The highest BCUT2D eigenvalue weighted by atomic mass is 32.1. The number of halogens is 3. The van der Waals surface area contributed by atoms with E-state index in [1.807, 2.05) is 0 Å². The van der Waals surface area contributed by atoms with Gasteiger partial charge in [0.2, 0.25) is 0 Å². The first kappa shape index (κ1) is 15.2. The number of thiocarbonyl (C=S) groups is 1. The lowest BCUT2D eigenvalue weighted by molar-refractivity contribution is -0.138. The third-order valence-electron chi connectivity index (χ3n) is 2.69. The summed E-state index contributed by atoms with van der Waals surface area (Å²) in [7, 11) is 0. The Bertz CT molecular complexity index is 641. The van der Waals surface area contributed by atoms with Gasteiger partial charge in [-0.25, -0.2) is 9.97 Å². The lowest BCUT2D eigenvalue weighted by atomic mass is 10.1. The molecule has 0 bridgehead atoms. The topological polar surface area (TPSA) is 63.8 Å². The van der Waals surface area contributed by atoms with Crippen molar-refractivity contribution in [2.45, 2.75) is 12.7 Å². The van der Waals surface area contributed by atoms with Gasteiger partial charge in [0.05, 0.1) is 18.0 Å². The number of hydrogen-bond donors (Lipinski definition) is 2. The maximum absolute atomic E-state index is 12.8. The minimum absolute atomic E-state index is 0.0171. The van der Waals surface area contributed by atoms with Crippen LogP contribution in [-0.4, -0.2) is 15.0 Å². The van der Waals surface area contributed by atoms with Gasteiger partial charge < -0.3 is 11.1 Å². The third kappa shape index (κ3) is 3.88. The molecule has 110 valence electrons. The van der Waals surface area contributed by atoms with E-state index < -0.39 is 11.7 Å². The van der Waals surface area contributed by atoms with Crippen LogP contribution in [0.25, 0.3) is 0 Å². The standard InChI is InChI=1S/C13H11F3N4S/c14-13(15,16)9-4-2-1-3-8(9)5-19-11-7-18-10(6-20-11)12(17)21/h1-4,6-7H,5H2,(H2,17,21)(H,19,20). The highest BCUT2D eigenvalue weighted by molar-refractivity contribution is 7.80. The molecular formula is C13H11F3N4S. The zero-order valence-corrected chi connectivity index (χ0v) is 11.5. The molecule has 0 saturated heterocycles. The van der Waals surface area contributed by atoms with Crippen LogP contribution in [0.2, 0.25) is 0 Å². The van der Waals surface area contributed by atoms with Crippen molar-refractivity contribution in [1.82, 2.24) is 9.97 Å². The van der Waals surface area contributed by atoms with E-state index in [0.29, 0.717) is 11.5 Å². The Balaban J connectivity index is 2.12. The average Bonchev–Trinajstić information content (AvgIpc) is 2.45. The Hall–Kier alpha value is -2.22. The molecule has 0 unspecified atom stereocenters. The zero-order chi connectivity index (χ0) is 15.5. The molecule has 0 spiro atoms. The largest absolute Gasteiger partial charge is 0.416 e. The van der Waals surface area contributed by atoms with Gasteiger partial charge >= 0.3 is 6.18 Å². The van der Waals surface area contributed by atoms with Gasteiger partial charge in [0, 0.05) is 6.54 Å². The monoisotopic (exact) mass is 312 g/mol. The van der Waals surface area contributed by atoms with Gasteiger partial charge in [-0.2, -0.15) is 13.2 Å². The van der Waals surface area contributed by atoms with E-state index in [-0.39, 0.29) is 17.1 Å². The van der Waals surface area contributed by atoms with Crippen LogP contribution in [-0.2, 0) is 12.7 Å². The van der Waals surface area contributed by atoms with Crippen LogP contribution < -0.4 is 11.1 Å². The van der Waals surface area contributed by atoms with Crippen molar-refractivity contribution in [3.8, 4) is 0 Å². The molecule has 3 N–H and O–H groups in total. The fraction of sp³-hybridized carbons (Fsp3) is 0.154. The number of anilines is 1. The molecule has 0 aliphatic rings. The summed E-state index contributed by atoms with van der Waals surface area (Å²) in [4.78, 5) is 8.04. The lowest BCUT2D eigenvalue weighted by Gasteiger charge is -2.13. The summed E-state index contributed by atoms with van der Waals surface area (Å²) in [6.45, 7) is -0.0171. The molecule has 1 aromatic heterocycles. The lowest BCUT2D eigenvalue weighted by Crippen LogP contribution is -2.14. The van der Waals surface area contributed by atoms with Crippen LogP contribution in [0.3, 0.4) is 0 Å². The van der Waals surface area contributed by atoms with Crippen molar-refractivity contribution >= 4 is 23.0 Å². The molecule has 0 fully saturated rings. The summed E-state index contributed by atoms with van der Waals surface area (Å²) in [5.41, 5.74) is 5.19. The Morgan fingerprint density at radius 1 is 1.19 bits per heavy atom. The number of nitrogens with zero attached hydrogens (tertiary/aromatic N) is 2. The summed E-state index contributed by atoms with van der Waals surface area (Å²) >= 11 is 4.73. The molecule has 2 aromatic rings. The first-order valence-electron chi connectivity index (χ1n) is 5.89. The maximum Gasteiger partial charge on any atom is 0.416 e. The second kappa shape index (κ2) is 6.04. The molecule has 0 aliphatic carbocycles. The SMILES string of the molecule is NC(=S)c1cnc(NCc2ccccc2C(F)(F)F)cn1. The second-order valence-electron chi connectivity index (χ2n) is 4.16. The molecule has 1 heterocycles. The summed E-state index contributed by atoms with van der Waals surface area (Å²) in [6, 6.07) is 5.35. The molecule has 4 nitrogen and oxygen atoms in total. The molecule has 2 rings (SSSR count). The zero-order valence-electron chi connectivity index (χ0n) is 10.7. The molecule has 1 aromatic carbocycles. The minimum atomic E-state index is -4.39. The smallest absolute Gasteiger partial charge is 0.388 e. The van der Waals surface area contributed by atoms with Crippen LogP contribution in [0.1, 0.15) is 16.8 Å². The molecular weight excluding hydrogens is 301 g/mol. The molecule has 0 saturated carbocycles. The Labute approximate surface area is 124 Å². The molecule has 0 aliphatic heterocycles. The van der Waals surface area contributed by atoms with Gasteiger partial charge in [-0.15, -0.1) is 0 Å². The van der Waals surface area contributed by atoms with Gasteiger partial charge in [-0.1, -0.05) is 30.4 Å². The highest BCUT2D eigenvalue weighted by Gasteiger charge is 2.32. The van der Waals surface area contributed by atoms with Crippen LogP contribution in [0, 0.1) is 0 Å². The summed E-state index contributed by atoms with van der Waals surface area (Å²) < 4.78 is 38.5.